The highest BCUT2D eigenvalue weighted by molar-refractivity contribution is 5.87. The van der Waals surface area contributed by atoms with Crippen LogP contribution in [0.4, 0.5) is 10.3 Å². The average Bonchev–Trinajstić information content (AvgIpc) is 3.42. The topological polar surface area (TPSA) is 67.2 Å². The molecule has 32 heavy (non-hydrogen) atoms. The summed E-state index contributed by atoms with van der Waals surface area (Å²) < 4.78 is 15.5. The Labute approximate surface area is 187 Å². The number of benzene rings is 1. The van der Waals surface area contributed by atoms with Crippen molar-refractivity contribution < 1.29 is 9.18 Å². The van der Waals surface area contributed by atoms with Gasteiger partial charge in [0.05, 0.1) is 17.3 Å². The summed E-state index contributed by atoms with van der Waals surface area (Å²) >= 11 is 0. The molecule has 1 unspecified atom stereocenters. The summed E-state index contributed by atoms with van der Waals surface area (Å²) in [7, 11) is 5.70. The second-order valence-corrected chi connectivity index (χ2v) is 9.14. The number of hydrogen-bond donors (Lipinski definition) is 0. The van der Waals surface area contributed by atoms with Crippen LogP contribution < -0.4 is 4.90 Å². The van der Waals surface area contributed by atoms with Crippen molar-refractivity contribution in [3.63, 3.8) is 0 Å². The number of carbonyl (C=O) groups excluding carboxylic acids is 1. The van der Waals surface area contributed by atoms with Crippen LogP contribution in [-0.2, 0) is 17.3 Å². The van der Waals surface area contributed by atoms with E-state index in [9.17, 15) is 9.18 Å². The lowest BCUT2D eigenvalue weighted by Crippen LogP contribution is -2.42. The summed E-state index contributed by atoms with van der Waals surface area (Å²) in [6.45, 7) is 4.91. The first kappa shape index (κ1) is 21.9. The fourth-order valence-electron chi connectivity index (χ4n) is 4.26. The van der Waals surface area contributed by atoms with E-state index in [1.165, 1.54) is 12.1 Å². The van der Waals surface area contributed by atoms with Gasteiger partial charge in [0.1, 0.15) is 5.82 Å². The molecule has 3 heterocycles. The third-order valence-corrected chi connectivity index (χ3v) is 6.16. The van der Waals surface area contributed by atoms with E-state index in [2.05, 4.69) is 10.1 Å². The largest absolute Gasteiger partial charge is 0.347 e. The maximum atomic E-state index is 13.8. The summed E-state index contributed by atoms with van der Waals surface area (Å²) in [5.41, 5.74) is 2.68. The zero-order valence-electron chi connectivity index (χ0n) is 19.2. The van der Waals surface area contributed by atoms with Gasteiger partial charge in [0.15, 0.2) is 0 Å². The Balaban J connectivity index is 1.62. The van der Waals surface area contributed by atoms with Crippen LogP contribution in [-0.4, -0.2) is 57.7 Å². The molecule has 0 spiro atoms. The first-order valence-electron chi connectivity index (χ1n) is 10.8. The molecule has 0 radical (unpaired) electrons. The molecule has 1 saturated heterocycles. The Morgan fingerprint density at radius 3 is 2.69 bits per heavy atom. The normalized spacial score (nSPS) is 16.4. The zero-order chi connectivity index (χ0) is 23.0. The van der Waals surface area contributed by atoms with Crippen molar-refractivity contribution in [2.45, 2.75) is 31.6 Å². The first-order valence-corrected chi connectivity index (χ1v) is 10.8. The Bertz CT molecular complexity index is 1140. The molecule has 0 N–H and O–H groups in total. The predicted octanol–water partition coefficient (Wildman–Crippen LogP) is 3.38. The van der Waals surface area contributed by atoms with E-state index in [1.54, 1.807) is 10.7 Å². The van der Waals surface area contributed by atoms with E-state index >= 15 is 0 Å². The van der Waals surface area contributed by atoms with E-state index in [0.717, 1.165) is 23.2 Å². The second-order valence-electron chi connectivity index (χ2n) is 9.14. The van der Waals surface area contributed by atoms with Crippen molar-refractivity contribution in [1.29, 1.82) is 0 Å². The number of halogens is 1. The van der Waals surface area contributed by atoms with Crippen LogP contribution in [0.1, 0.15) is 37.4 Å². The Morgan fingerprint density at radius 1 is 1.25 bits per heavy atom. The van der Waals surface area contributed by atoms with Crippen LogP contribution in [0, 0.1) is 5.82 Å². The number of hydrogen-bond acceptors (Lipinski definition) is 5. The molecule has 1 amide bonds. The van der Waals surface area contributed by atoms with E-state index in [0.29, 0.717) is 24.6 Å². The molecule has 1 fully saturated rings. The lowest BCUT2D eigenvalue weighted by atomic mass is 9.83. The highest BCUT2D eigenvalue weighted by Gasteiger charge is 2.38. The van der Waals surface area contributed by atoms with Crippen LogP contribution in [0.5, 0.6) is 0 Å². The smallest absolute Gasteiger partial charge is 0.232 e. The molecular formula is C24H29FN6O. The Morgan fingerprint density at radius 2 is 2.03 bits per heavy atom. The Kier molecular flexibility index (Phi) is 5.71. The number of aromatic nitrogens is 4. The fourth-order valence-corrected chi connectivity index (χ4v) is 4.26. The Hall–Kier alpha value is -3.29. The standard InChI is InChI=1S/C24H29FN6O/c1-24(2,18-7-6-8-19(25)11-18)22(32)31-10-9-16(15-31)21-20(17-12-27-30(5)14-17)13-26-23(28-21)29(3)4/h6-8,11-14,16H,9-10,15H2,1-5H3. The number of amides is 1. The van der Waals surface area contributed by atoms with E-state index in [1.807, 2.05) is 69.4 Å². The van der Waals surface area contributed by atoms with Gasteiger partial charge in [-0.3, -0.25) is 9.48 Å². The molecule has 1 atom stereocenters. The van der Waals surface area contributed by atoms with Gasteiger partial charge in [0.2, 0.25) is 11.9 Å². The molecule has 7 nitrogen and oxygen atoms in total. The molecule has 4 rings (SSSR count). The lowest BCUT2D eigenvalue weighted by molar-refractivity contribution is -0.135. The third kappa shape index (κ3) is 4.09. The van der Waals surface area contributed by atoms with Crippen LogP contribution in [0.15, 0.2) is 42.9 Å². The predicted molar refractivity (Wildman–Crippen MR) is 122 cm³/mol. The molecule has 0 saturated carbocycles. The molecule has 8 heteroatoms. The van der Waals surface area contributed by atoms with Gasteiger partial charge in [-0.05, 0) is 38.0 Å². The molecule has 2 aromatic heterocycles. The van der Waals surface area contributed by atoms with E-state index < -0.39 is 5.41 Å². The highest BCUT2D eigenvalue weighted by atomic mass is 19.1. The average molecular weight is 437 g/mol. The van der Waals surface area contributed by atoms with Gasteiger partial charge in [0, 0.05) is 63.7 Å². The third-order valence-electron chi connectivity index (χ3n) is 6.16. The van der Waals surface area contributed by atoms with Gasteiger partial charge < -0.3 is 9.80 Å². The molecule has 0 aliphatic carbocycles. The number of anilines is 1. The number of carbonyl (C=O) groups is 1. The van der Waals surface area contributed by atoms with Crippen LogP contribution in [0.25, 0.3) is 11.1 Å². The molecule has 1 aliphatic heterocycles. The maximum Gasteiger partial charge on any atom is 0.232 e. The molecule has 1 aliphatic rings. The van der Waals surface area contributed by atoms with Gasteiger partial charge in [-0.15, -0.1) is 0 Å². The van der Waals surface area contributed by atoms with Crippen molar-refractivity contribution in [2.24, 2.45) is 7.05 Å². The SMILES string of the molecule is CN(C)c1ncc(-c2cnn(C)c2)c(C2CCN(C(=O)C(C)(C)c3cccc(F)c3)C2)n1. The molecule has 3 aromatic rings. The summed E-state index contributed by atoms with van der Waals surface area (Å²) in [6.07, 6.45) is 6.41. The van der Waals surface area contributed by atoms with Crippen molar-refractivity contribution in [1.82, 2.24) is 24.6 Å². The number of aryl methyl sites for hydroxylation is 1. The van der Waals surface area contributed by atoms with Gasteiger partial charge in [0.25, 0.3) is 0 Å². The van der Waals surface area contributed by atoms with Crippen LogP contribution >= 0.6 is 0 Å². The van der Waals surface area contributed by atoms with E-state index in [-0.39, 0.29) is 17.6 Å². The van der Waals surface area contributed by atoms with E-state index in [4.69, 9.17) is 4.98 Å². The van der Waals surface area contributed by atoms with Gasteiger partial charge >= 0.3 is 0 Å². The quantitative estimate of drug-likeness (QED) is 0.614. The first-order chi connectivity index (χ1) is 15.2. The molecular weight excluding hydrogens is 407 g/mol. The highest BCUT2D eigenvalue weighted by Crippen LogP contribution is 2.36. The van der Waals surface area contributed by atoms with Gasteiger partial charge in [-0.1, -0.05) is 12.1 Å². The fraction of sp³-hybridized carbons (Fsp3) is 0.417. The molecule has 1 aromatic carbocycles. The molecule has 168 valence electrons. The minimum atomic E-state index is -0.816. The van der Waals surface area contributed by atoms with Crippen molar-refractivity contribution >= 4 is 11.9 Å². The monoisotopic (exact) mass is 436 g/mol. The van der Waals surface area contributed by atoms with Gasteiger partial charge in [-0.2, -0.15) is 5.10 Å². The summed E-state index contributed by atoms with van der Waals surface area (Å²) in [5, 5.41) is 4.29. The second kappa shape index (κ2) is 8.33. The minimum Gasteiger partial charge on any atom is -0.347 e. The molecule has 0 bridgehead atoms. The van der Waals surface area contributed by atoms with Crippen LogP contribution in [0.2, 0.25) is 0 Å². The number of nitrogens with zero attached hydrogens (tertiary/aromatic N) is 6. The maximum absolute atomic E-state index is 13.8. The van der Waals surface area contributed by atoms with Crippen molar-refractivity contribution in [3.8, 4) is 11.1 Å². The van der Waals surface area contributed by atoms with Crippen LogP contribution in [0.3, 0.4) is 0 Å². The minimum absolute atomic E-state index is 0.00424. The van der Waals surface area contributed by atoms with Crippen molar-refractivity contribution in [2.75, 3.05) is 32.1 Å². The number of rotatable bonds is 5. The summed E-state index contributed by atoms with van der Waals surface area (Å²) in [4.78, 5) is 26.5. The van der Waals surface area contributed by atoms with Crippen molar-refractivity contribution in [3.05, 3.63) is 59.9 Å². The lowest BCUT2D eigenvalue weighted by Gasteiger charge is -2.30. The number of likely N-dealkylation sites (tertiary alicyclic amines) is 1. The summed E-state index contributed by atoms with van der Waals surface area (Å²) in [5.74, 6) is 0.382. The summed E-state index contributed by atoms with van der Waals surface area (Å²) in [6, 6.07) is 6.30. The zero-order valence-corrected chi connectivity index (χ0v) is 19.2. The van der Waals surface area contributed by atoms with Gasteiger partial charge in [-0.25, -0.2) is 14.4 Å².